The lowest BCUT2D eigenvalue weighted by Gasteiger charge is -2.04. The molecular formula is C14H11BrN2O2. The average molecular weight is 319 g/mol. The number of nitrogens with two attached hydrogens (primary N) is 1. The van der Waals surface area contributed by atoms with Gasteiger partial charge in [-0.25, -0.2) is 0 Å². The molecule has 4 nitrogen and oxygen atoms in total. The molecular weight excluding hydrogens is 308 g/mol. The molecule has 0 saturated heterocycles. The van der Waals surface area contributed by atoms with Gasteiger partial charge in [-0.2, -0.15) is 0 Å². The van der Waals surface area contributed by atoms with Crippen molar-refractivity contribution in [2.24, 2.45) is 0 Å². The van der Waals surface area contributed by atoms with Crippen LogP contribution in [0.3, 0.4) is 0 Å². The highest BCUT2D eigenvalue weighted by Gasteiger charge is 2.20. The first-order valence-corrected chi connectivity index (χ1v) is 6.53. The number of anilines is 1. The van der Waals surface area contributed by atoms with E-state index in [0.29, 0.717) is 16.1 Å². The van der Waals surface area contributed by atoms with E-state index in [1.54, 1.807) is 0 Å². The van der Waals surface area contributed by atoms with Crippen LogP contribution in [0.25, 0.3) is 22.6 Å². The second-order valence-corrected chi connectivity index (χ2v) is 4.97. The minimum absolute atomic E-state index is 0.289. The molecule has 0 unspecified atom stereocenters. The van der Waals surface area contributed by atoms with Gasteiger partial charge in [0.2, 0.25) is 5.88 Å². The summed E-state index contributed by atoms with van der Waals surface area (Å²) >= 11 is 3.28. The highest BCUT2D eigenvalue weighted by molar-refractivity contribution is 9.10. The second-order valence-electron chi connectivity index (χ2n) is 4.19. The molecule has 1 aromatic carbocycles. The van der Waals surface area contributed by atoms with Gasteiger partial charge >= 0.3 is 0 Å². The summed E-state index contributed by atoms with van der Waals surface area (Å²) in [6, 6.07) is 11.6. The molecule has 0 radical (unpaired) electrons. The number of hydrogen-bond acceptors (Lipinski definition) is 4. The zero-order valence-corrected chi connectivity index (χ0v) is 11.8. The SMILES string of the molecule is Cc1ccccc1-c1c(-c2ccc(Br)o2)noc1N. The summed E-state index contributed by atoms with van der Waals surface area (Å²) in [6.07, 6.45) is 0. The molecule has 0 aliphatic heterocycles. The van der Waals surface area contributed by atoms with Gasteiger partial charge in [-0.15, -0.1) is 0 Å². The van der Waals surface area contributed by atoms with Crippen molar-refractivity contribution >= 4 is 21.8 Å². The van der Waals surface area contributed by atoms with Crippen molar-refractivity contribution in [2.75, 3.05) is 5.73 Å². The van der Waals surface area contributed by atoms with E-state index in [1.807, 2.05) is 43.3 Å². The van der Waals surface area contributed by atoms with Gasteiger partial charge < -0.3 is 14.7 Å². The van der Waals surface area contributed by atoms with Gasteiger partial charge in [0, 0.05) is 0 Å². The first-order chi connectivity index (χ1) is 9.16. The fourth-order valence-electron chi connectivity index (χ4n) is 2.03. The molecule has 0 aliphatic carbocycles. The van der Waals surface area contributed by atoms with Crippen LogP contribution >= 0.6 is 15.9 Å². The highest BCUT2D eigenvalue weighted by Crippen LogP contribution is 2.38. The Morgan fingerprint density at radius 1 is 1.16 bits per heavy atom. The van der Waals surface area contributed by atoms with Gasteiger partial charge in [0.1, 0.15) is 0 Å². The van der Waals surface area contributed by atoms with Crippen LogP contribution in [0.4, 0.5) is 5.88 Å². The van der Waals surface area contributed by atoms with Crippen LogP contribution in [0.15, 0.2) is 50.0 Å². The van der Waals surface area contributed by atoms with Crippen molar-refractivity contribution in [1.82, 2.24) is 5.16 Å². The van der Waals surface area contributed by atoms with Crippen LogP contribution in [0.1, 0.15) is 5.56 Å². The third-order valence-corrected chi connectivity index (χ3v) is 3.37. The topological polar surface area (TPSA) is 65.2 Å². The normalized spacial score (nSPS) is 10.8. The number of halogens is 1. The van der Waals surface area contributed by atoms with Crippen molar-refractivity contribution in [3.05, 3.63) is 46.6 Å². The zero-order valence-electron chi connectivity index (χ0n) is 10.2. The molecule has 0 bridgehead atoms. The number of nitrogens with zero attached hydrogens (tertiary/aromatic N) is 1. The van der Waals surface area contributed by atoms with Crippen molar-refractivity contribution in [3.8, 4) is 22.6 Å². The molecule has 5 heteroatoms. The monoisotopic (exact) mass is 318 g/mol. The molecule has 0 spiro atoms. The number of hydrogen-bond donors (Lipinski definition) is 1. The minimum Gasteiger partial charge on any atom is -0.448 e. The van der Waals surface area contributed by atoms with E-state index in [-0.39, 0.29) is 5.88 Å². The number of aromatic nitrogens is 1. The second kappa shape index (κ2) is 4.59. The number of aryl methyl sites for hydroxylation is 1. The molecule has 0 fully saturated rings. The van der Waals surface area contributed by atoms with E-state index in [9.17, 15) is 0 Å². The summed E-state index contributed by atoms with van der Waals surface area (Å²) in [5.41, 5.74) is 9.37. The third kappa shape index (κ3) is 2.06. The van der Waals surface area contributed by atoms with Gasteiger partial charge in [-0.1, -0.05) is 29.4 Å². The Kier molecular flexibility index (Phi) is 2.91. The largest absolute Gasteiger partial charge is 0.448 e. The first-order valence-electron chi connectivity index (χ1n) is 5.73. The lowest BCUT2D eigenvalue weighted by molar-refractivity contribution is 0.435. The van der Waals surface area contributed by atoms with E-state index in [2.05, 4.69) is 21.1 Å². The smallest absolute Gasteiger partial charge is 0.230 e. The fraction of sp³-hybridized carbons (Fsp3) is 0.0714. The van der Waals surface area contributed by atoms with Gasteiger partial charge in [-0.05, 0) is 46.1 Å². The average Bonchev–Trinajstić information content (AvgIpc) is 2.96. The first kappa shape index (κ1) is 12.0. The molecule has 2 N–H and O–H groups in total. The maximum atomic E-state index is 5.90. The molecule has 3 rings (SSSR count). The van der Waals surface area contributed by atoms with E-state index in [4.69, 9.17) is 14.7 Å². The quantitative estimate of drug-likeness (QED) is 0.766. The van der Waals surface area contributed by atoms with Crippen LogP contribution in [0.2, 0.25) is 0 Å². The van der Waals surface area contributed by atoms with E-state index < -0.39 is 0 Å². The summed E-state index contributed by atoms with van der Waals surface area (Å²) in [5, 5.41) is 4.00. The molecule has 0 aliphatic rings. The molecule has 2 aromatic heterocycles. The Morgan fingerprint density at radius 3 is 2.63 bits per heavy atom. The van der Waals surface area contributed by atoms with E-state index >= 15 is 0 Å². The van der Waals surface area contributed by atoms with Crippen LogP contribution < -0.4 is 5.73 Å². The number of benzene rings is 1. The molecule has 0 atom stereocenters. The van der Waals surface area contributed by atoms with Crippen molar-refractivity contribution in [2.45, 2.75) is 6.92 Å². The van der Waals surface area contributed by atoms with Gasteiger partial charge in [0.15, 0.2) is 16.1 Å². The molecule has 96 valence electrons. The zero-order chi connectivity index (χ0) is 13.4. The number of furan rings is 1. The lowest BCUT2D eigenvalue weighted by atomic mass is 10.00. The third-order valence-electron chi connectivity index (χ3n) is 2.94. The Bertz CT molecular complexity index is 731. The molecule has 19 heavy (non-hydrogen) atoms. The van der Waals surface area contributed by atoms with Crippen LogP contribution in [-0.4, -0.2) is 5.16 Å². The van der Waals surface area contributed by atoms with Gasteiger partial charge in [-0.3, -0.25) is 0 Å². The fourth-order valence-corrected chi connectivity index (χ4v) is 2.33. The Hall–Kier alpha value is -2.01. The maximum absolute atomic E-state index is 5.90. The van der Waals surface area contributed by atoms with Crippen LogP contribution in [0.5, 0.6) is 0 Å². The summed E-state index contributed by atoms with van der Waals surface area (Å²) in [6.45, 7) is 2.02. The van der Waals surface area contributed by atoms with E-state index in [0.717, 1.165) is 16.7 Å². The molecule has 2 heterocycles. The van der Waals surface area contributed by atoms with Crippen molar-refractivity contribution in [1.29, 1.82) is 0 Å². The van der Waals surface area contributed by atoms with Gasteiger partial charge in [0.05, 0.1) is 5.56 Å². The summed E-state index contributed by atoms with van der Waals surface area (Å²) in [4.78, 5) is 0. The summed E-state index contributed by atoms with van der Waals surface area (Å²) in [7, 11) is 0. The Balaban J connectivity index is 2.22. The van der Waals surface area contributed by atoms with Crippen molar-refractivity contribution < 1.29 is 8.94 Å². The Morgan fingerprint density at radius 2 is 1.95 bits per heavy atom. The Labute approximate surface area is 118 Å². The van der Waals surface area contributed by atoms with Crippen molar-refractivity contribution in [3.63, 3.8) is 0 Å². The maximum Gasteiger partial charge on any atom is 0.230 e. The molecule has 0 saturated carbocycles. The lowest BCUT2D eigenvalue weighted by Crippen LogP contribution is -1.89. The summed E-state index contributed by atoms with van der Waals surface area (Å²) < 4.78 is 11.3. The number of rotatable bonds is 2. The van der Waals surface area contributed by atoms with Gasteiger partial charge in [0.25, 0.3) is 0 Å². The standard InChI is InChI=1S/C14H11BrN2O2/c1-8-4-2-3-5-9(8)12-13(17-19-14(12)16)10-6-7-11(15)18-10/h2-7H,16H2,1H3. The van der Waals surface area contributed by atoms with Crippen LogP contribution in [0, 0.1) is 6.92 Å². The predicted molar refractivity (Wildman–Crippen MR) is 76.5 cm³/mol. The predicted octanol–water partition coefficient (Wildman–Crippen LogP) is 4.25. The van der Waals surface area contributed by atoms with E-state index in [1.165, 1.54) is 0 Å². The molecule has 3 aromatic rings. The number of nitrogen functional groups attached to an aromatic ring is 1. The van der Waals surface area contributed by atoms with Crippen LogP contribution in [-0.2, 0) is 0 Å². The molecule has 0 amide bonds. The summed E-state index contributed by atoms with van der Waals surface area (Å²) in [5.74, 6) is 0.905. The minimum atomic E-state index is 0.289. The highest BCUT2D eigenvalue weighted by atomic mass is 79.9.